The summed E-state index contributed by atoms with van der Waals surface area (Å²) in [4.78, 5) is 32.1. The largest absolute Gasteiger partial charge is 0.377 e. The summed E-state index contributed by atoms with van der Waals surface area (Å²) >= 11 is 0. The van der Waals surface area contributed by atoms with E-state index in [9.17, 15) is 9.59 Å². The minimum Gasteiger partial charge on any atom is -0.377 e. The molecule has 0 bridgehead atoms. The van der Waals surface area contributed by atoms with Crippen LogP contribution in [0.2, 0.25) is 0 Å². The Morgan fingerprint density at radius 2 is 2.10 bits per heavy atom. The van der Waals surface area contributed by atoms with Gasteiger partial charge in [0.2, 0.25) is 0 Å². The van der Waals surface area contributed by atoms with Gasteiger partial charge in [-0.2, -0.15) is 0 Å². The molecule has 0 aliphatic heterocycles. The first-order valence-corrected chi connectivity index (χ1v) is 6.97. The number of carbonyl (C=O) groups is 1. The zero-order chi connectivity index (χ0) is 15.4. The molecular formula is C14H20N4O3. The van der Waals surface area contributed by atoms with Gasteiger partial charge in [0.25, 0.3) is 5.56 Å². The molecule has 0 aromatic carbocycles. The minimum atomic E-state index is -0.168. The number of ether oxygens (including phenoxy) is 1. The fourth-order valence-corrected chi connectivity index (χ4v) is 2.16. The summed E-state index contributed by atoms with van der Waals surface area (Å²) in [5, 5.41) is 0. The van der Waals surface area contributed by atoms with Crippen LogP contribution in [0.25, 0.3) is 11.2 Å². The lowest BCUT2D eigenvalue weighted by Gasteiger charge is -2.08. The summed E-state index contributed by atoms with van der Waals surface area (Å²) in [7, 11) is 1.49. The van der Waals surface area contributed by atoms with Crippen molar-refractivity contribution in [3.63, 3.8) is 0 Å². The SMILES string of the molecule is COCC(=O)CCCn1cnc2c(ncn2C(C)C)c1=O. The van der Waals surface area contributed by atoms with Crippen LogP contribution in [0, 0.1) is 0 Å². The van der Waals surface area contributed by atoms with Gasteiger partial charge in [-0.3, -0.25) is 14.2 Å². The maximum Gasteiger partial charge on any atom is 0.281 e. The van der Waals surface area contributed by atoms with E-state index < -0.39 is 0 Å². The molecule has 0 spiro atoms. The third-order valence-electron chi connectivity index (χ3n) is 3.27. The van der Waals surface area contributed by atoms with E-state index in [4.69, 9.17) is 4.74 Å². The average Bonchev–Trinajstić information content (AvgIpc) is 2.86. The van der Waals surface area contributed by atoms with Gasteiger partial charge in [-0.1, -0.05) is 0 Å². The molecule has 2 aromatic heterocycles. The monoisotopic (exact) mass is 292 g/mol. The van der Waals surface area contributed by atoms with Crippen LogP contribution >= 0.6 is 0 Å². The summed E-state index contributed by atoms with van der Waals surface area (Å²) in [6, 6.07) is 0.199. The van der Waals surface area contributed by atoms with E-state index in [0.29, 0.717) is 30.6 Å². The molecule has 0 amide bonds. The first-order chi connectivity index (χ1) is 10.0. The maximum absolute atomic E-state index is 12.3. The first kappa shape index (κ1) is 15.4. The topological polar surface area (TPSA) is 79.0 Å². The normalized spacial score (nSPS) is 11.4. The summed E-state index contributed by atoms with van der Waals surface area (Å²) in [6.07, 6.45) is 4.13. The van der Waals surface area contributed by atoms with Crippen molar-refractivity contribution in [3.8, 4) is 0 Å². The second-order valence-electron chi connectivity index (χ2n) is 5.24. The number of carbonyl (C=O) groups excluding carboxylic acids is 1. The van der Waals surface area contributed by atoms with E-state index in [1.165, 1.54) is 18.0 Å². The molecule has 0 aliphatic carbocycles. The zero-order valence-electron chi connectivity index (χ0n) is 12.6. The molecule has 114 valence electrons. The summed E-state index contributed by atoms with van der Waals surface area (Å²) in [5.74, 6) is 0.0312. The standard InChI is InChI=1S/C14H20N4O3/c1-10(2)18-9-15-12-13(18)16-8-17(14(12)20)6-4-5-11(19)7-21-3/h8-10H,4-7H2,1-3H3. The molecule has 0 aliphatic rings. The van der Waals surface area contributed by atoms with E-state index in [-0.39, 0.29) is 24.0 Å². The third-order valence-corrected chi connectivity index (χ3v) is 3.27. The number of hydrogen-bond donors (Lipinski definition) is 0. The predicted molar refractivity (Wildman–Crippen MR) is 78.3 cm³/mol. The summed E-state index contributed by atoms with van der Waals surface area (Å²) in [5.41, 5.74) is 0.801. The molecule has 0 saturated carbocycles. The van der Waals surface area contributed by atoms with Crippen LogP contribution in [0.1, 0.15) is 32.7 Å². The second kappa shape index (κ2) is 6.62. The van der Waals surface area contributed by atoms with Crippen molar-refractivity contribution in [2.45, 2.75) is 39.3 Å². The Bertz CT molecular complexity index is 687. The van der Waals surface area contributed by atoms with Gasteiger partial charge in [0.1, 0.15) is 12.9 Å². The number of ketones is 1. The zero-order valence-corrected chi connectivity index (χ0v) is 12.6. The van der Waals surface area contributed by atoms with Crippen molar-refractivity contribution in [1.29, 1.82) is 0 Å². The Hall–Kier alpha value is -2.02. The van der Waals surface area contributed by atoms with E-state index in [1.54, 1.807) is 6.33 Å². The quantitative estimate of drug-likeness (QED) is 0.765. The van der Waals surface area contributed by atoms with Crippen molar-refractivity contribution in [2.24, 2.45) is 0 Å². The molecule has 0 N–H and O–H groups in total. The average molecular weight is 292 g/mol. The van der Waals surface area contributed by atoms with Crippen molar-refractivity contribution in [3.05, 3.63) is 23.0 Å². The number of aryl methyl sites for hydroxylation is 1. The molecule has 7 nitrogen and oxygen atoms in total. The highest BCUT2D eigenvalue weighted by molar-refractivity contribution is 5.79. The van der Waals surface area contributed by atoms with Gasteiger partial charge in [-0.15, -0.1) is 0 Å². The second-order valence-corrected chi connectivity index (χ2v) is 5.24. The summed E-state index contributed by atoms with van der Waals surface area (Å²) in [6.45, 7) is 4.59. The van der Waals surface area contributed by atoms with Gasteiger partial charge in [0.15, 0.2) is 16.9 Å². The lowest BCUT2D eigenvalue weighted by atomic mass is 10.2. The molecule has 0 radical (unpaired) electrons. The van der Waals surface area contributed by atoms with E-state index in [1.807, 2.05) is 18.4 Å². The molecule has 2 rings (SSSR count). The van der Waals surface area contributed by atoms with Gasteiger partial charge in [-0.25, -0.2) is 9.97 Å². The van der Waals surface area contributed by atoms with E-state index in [2.05, 4.69) is 9.97 Å². The number of imidazole rings is 1. The van der Waals surface area contributed by atoms with Crippen LogP contribution < -0.4 is 5.56 Å². The fraction of sp³-hybridized carbons (Fsp3) is 0.571. The van der Waals surface area contributed by atoms with Gasteiger partial charge in [-0.05, 0) is 20.3 Å². The molecule has 2 heterocycles. The van der Waals surface area contributed by atoms with Crippen molar-refractivity contribution < 1.29 is 9.53 Å². The molecule has 0 atom stereocenters. The van der Waals surface area contributed by atoms with Crippen LogP contribution in [-0.2, 0) is 16.1 Å². The summed E-state index contributed by atoms with van der Waals surface area (Å²) < 4.78 is 8.13. The lowest BCUT2D eigenvalue weighted by Crippen LogP contribution is -2.22. The Morgan fingerprint density at radius 3 is 2.76 bits per heavy atom. The fourth-order valence-electron chi connectivity index (χ4n) is 2.16. The van der Waals surface area contributed by atoms with Gasteiger partial charge < -0.3 is 9.30 Å². The van der Waals surface area contributed by atoms with Crippen LogP contribution in [0.4, 0.5) is 0 Å². The maximum atomic E-state index is 12.3. The van der Waals surface area contributed by atoms with Gasteiger partial charge >= 0.3 is 0 Å². The molecule has 0 unspecified atom stereocenters. The highest BCUT2D eigenvalue weighted by Gasteiger charge is 2.12. The Balaban J connectivity index is 2.14. The molecule has 2 aromatic rings. The van der Waals surface area contributed by atoms with Crippen molar-refractivity contribution in [1.82, 2.24) is 19.1 Å². The highest BCUT2D eigenvalue weighted by atomic mass is 16.5. The molecule has 0 fully saturated rings. The smallest absolute Gasteiger partial charge is 0.281 e. The number of methoxy groups -OCH3 is 1. The number of aromatic nitrogens is 4. The Labute approximate surface area is 122 Å². The van der Waals surface area contributed by atoms with Crippen molar-refractivity contribution >= 4 is 16.9 Å². The number of nitrogens with zero attached hydrogens (tertiary/aromatic N) is 4. The van der Waals surface area contributed by atoms with Crippen molar-refractivity contribution in [2.75, 3.05) is 13.7 Å². The van der Waals surface area contributed by atoms with Crippen LogP contribution in [0.5, 0.6) is 0 Å². The molecule has 0 saturated heterocycles. The Morgan fingerprint density at radius 1 is 1.33 bits per heavy atom. The van der Waals surface area contributed by atoms with Crippen LogP contribution in [-0.4, -0.2) is 38.6 Å². The Kier molecular flexibility index (Phi) is 4.85. The van der Waals surface area contributed by atoms with E-state index >= 15 is 0 Å². The van der Waals surface area contributed by atoms with Gasteiger partial charge in [0, 0.05) is 26.1 Å². The highest BCUT2D eigenvalue weighted by Crippen LogP contribution is 2.11. The van der Waals surface area contributed by atoms with Crippen LogP contribution in [0.3, 0.4) is 0 Å². The minimum absolute atomic E-state index is 0.0312. The third kappa shape index (κ3) is 3.36. The van der Waals surface area contributed by atoms with Gasteiger partial charge in [0.05, 0.1) is 6.33 Å². The molecule has 7 heteroatoms. The predicted octanol–water partition coefficient (Wildman–Crippen LogP) is 1.17. The van der Waals surface area contributed by atoms with E-state index in [0.717, 1.165) is 0 Å². The number of fused-ring (bicyclic) bond motifs is 1. The number of Topliss-reactive ketones (excluding diaryl/α,β-unsaturated/α-hetero) is 1. The number of rotatable bonds is 7. The van der Waals surface area contributed by atoms with Crippen LogP contribution in [0.15, 0.2) is 17.4 Å². The lowest BCUT2D eigenvalue weighted by molar-refractivity contribution is -0.122. The molecule has 21 heavy (non-hydrogen) atoms. The molecular weight excluding hydrogens is 272 g/mol. The number of hydrogen-bond acceptors (Lipinski definition) is 5. The first-order valence-electron chi connectivity index (χ1n) is 6.97.